The first-order valence-electron chi connectivity index (χ1n) is 6.01. The Hall–Kier alpha value is -2.37. The van der Waals surface area contributed by atoms with Gasteiger partial charge in [-0.15, -0.1) is 0 Å². The van der Waals surface area contributed by atoms with E-state index in [9.17, 15) is 4.79 Å². The van der Waals surface area contributed by atoms with Gasteiger partial charge in [0.05, 0.1) is 6.20 Å². The average Bonchev–Trinajstić information content (AvgIpc) is 2.76. The quantitative estimate of drug-likeness (QED) is 0.862. The van der Waals surface area contributed by atoms with E-state index in [1.807, 2.05) is 20.0 Å². The number of nitrogens with one attached hydrogen (secondary N) is 2. The largest absolute Gasteiger partial charge is 0.388 e. The average molecular weight is 259 g/mol. The summed E-state index contributed by atoms with van der Waals surface area (Å²) in [7, 11) is 3.68. The summed E-state index contributed by atoms with van der Waals surface area (Å²) in [6, 6.07) is 3.52. The van der Waals surface area contributed by atoms with E-state index in [1.165, 1.54) is 0 Å². The fourth-order valence-electron chi connectivity index (χ4n) is 1.69. The molecule has 19 heavy (non-hydrogen) atoms. The molecule has 2 N–H and O–H groups in total. The number of hydrogen-bond acceptors (Lipinski definition) is 4. The number of aryl methyl sites for hydroxylation is 1. The molecular weight excluding hydrogens is 242 g/mol. The number of carbonyl (C=O) groups is 1. The van der Waals surface area contributed by atoms with Gasteiger partial charge in [0.25, 0.3) is 5.91 Å². The molecule has 6 heteroatoms. The van der Waals surface area contributed by atoms with Crippen LogP contribution >= 0.6 is 0 Å². The van der Waals surface area contributed by atoms with Crippen molar-refractivity contribution in [3.63, 3.8) is 0 Å². The summed E-state index contributed by atoms with van der Waals surface area (Å²) in [6.07, 6.45) is 3.36. The van der Waals surface area contributed by atoms with E-state index in [-0.39, 0.29) is 5.91 Å². The van der Waals surface area contributed by atoms with Gasteiger partial charge in [-0.2, -0.15) is 5.10 Å². The van der Waals surface area contributed by atoms with Gasteiger partial charge in [0.15, 0.2) is 0 Å². The Morgan fingerprint density at radius 3 is 2.89 bits per heavy atom. The van der Waals surface area contributed by atoms with Gasteiger partial charge in [0.1, 0.15) is 5.69 Å². The molecule has 0 aliphatic carbocycles. The number of rotatable bonds is 4. The molecule has 2 aromatic heterocycles. The summed E-state index contributed by atoms with van der Waals surface area (Å²) < 4.78 is 1.78. The Balaban J connectivity index is 2.03. The third-order valence-electron chi connectivity index (χ3n) is 3.06. The highest BCUT2D eigenvalue weighted by molar-refractivity contribution is 5.93. The molecule has 0 aliphatic heterocycles. The van der Waals surface area contributed by atoms with E-state index in [0.717, 1.165) is 16.9 Å². The zero-order valence-corrected chi connectivity index (χ0v) is 11.3. The Labute approximate surface area is 111 Å². The monoisotopic (exact) mass is 259 g/mol. The number of anilines is 1. The first-order valence-corrected chi connectivity index (χ1v) is 6.01. The molecule has 100 valence electrons. The molecule has 0 atom stereocenters. The van der Waals surface area contributed by atoms with Crippen LogP contribution in [0, 0.1) is 6.92 Å². The van der Waals surface area contributed by atoms with Gasteiger partial charge in [-0.1, -0.05) is 0 Å². The molecule has 2 aromatic rings. The fraction of sp³-hybridized carbons (Fsp3) is 0.308. The second kappa shape index (κ2) is 5.51. The molecule has 2 rings (SSSR count). The van der Waals surface area contributed by atoms with Gasteiger partial charge in [-0.05, 0) is 19.1 Å². The lowest BCUT2D eigenvalue weighted by Gasteiger charge is -2.06. The summed E-state index contributed by atoms with van der Waals surface area (Å²) in [5.74, 6) is -0.194. The minimum atomic E-state index is -0.194. The molecule has 0 saturated heterocycles. The highest BCUT2D eigenvalue weighted by atomic mass is 16.1. The maximum atomic E-state index is 12.0. The van der Waals surface area contributed by atoms with E-state index < -0.39 is 0 Å². The Bertz CT molecular complexity index is 590. The van der Waals surface area contributed by atoms with E-state index in [2.05, 4.69) is 20.7 Å². The standard InChI is InChI=1S/C13H17N5O/c1-9-10(8-17-18(9)3)7-16-13(19)12-6-11(14-2)4-5-15-12/h4-6,8H,7H2,1-3H3,(H,14,15)(H,16,19). The van der Waals surface area contributed by atoms with Crippen LogP contribution in [-0.2, 0) is 13.6 Å². The number of hydrogen-bond donors (Lipinski definition) is 2. The summed E-state index contributed by atoms with van der Waals surface area (Å²) in [5.41, 5.74) is 3.30. The molecule has 0 radical (unpaired) electrons. The van der Waals surface area contributed by atoms with E-state index in [4.69, 9.17) is 0 Å². The zero-order chi connectivity index (χ0) is 13.8. The second-order valence-corrected chi connectivity index (χ2v) is 4.24. The number of aromatic nitrogens is 3. The van der Waals surface area contributed by atoms with Crippen LogP contribution in [0.15, 0.2) is 24.5 Å². The van der Waals surface area contributed by atoms with Gasteiger partial charge >= 0.3 is 0 Å². The van der Waals surface area contributed by atoms with Crippen molar-refractivity contribution in [2.45, 2.75) is 13.5 Å². The first kappa shape index (κ1) is 13.1. The molecule has 0 aliphatic rings. The van der Waals surface area contributed by atoms with Crippen LogP contribution in [0.5, 0.6) is 0 Å². The van der Waals surface area contributed by atoms with Crippen LogP contribution < -0.4 is 10.6 Å². The van der Waals surface area contributed by atoms with Gasteiger partial charge < -0.3 is 10.6 Å². The highest BCUT2D eigenvalue weighted by Crippen LogP contribution is 2.08. The van der Waals surface area contributed by atoms with Crippen LogP contribution in [0.4, 0.5) is 5.69 Å². The predicted octanol–water partition coefficient (Wildman–Crippen LogP) is 1.10. The lowest BCUT2D eigenvalue weighted by molar-refractivity contribution is 0.0946. The molecule has 0 spiro atoms. The van der Waals surface area contributed by atoms with Crippen LogP contribution in [0.2, 0.25) is 0 Å². The minimum Gasteiger partial charge on any atom is -0.388 e. The molecule has 0 bridgehead atoms. The molecule has 0 unspecified atom stereocenters. The molecule has 6 nitrogen and oxygen atoms in total. The maximum Gasteiger partial charge on any atom is 0.270 e. The molecule has 0 aromatic carbocycles. The number of nitrogens with zero attached hydrogens (tertiary/aromatic N) is 3. The SMILES string of the molecule is CNc1ccnc(C(=O)NCc2cnn(C)c2C)c1. The Morgan fingerprint density at radius 2 is 2.26 bits per heavy atom. The van der Waals surface area contributed by atoms with Gasteiger partial charge in [-0.25, -0.2) is 0 Å². The van der Waals surface area contributed by atoms with Crippen molar-refractivity contribution < 1.29 is 4.79 Å². The van der Waals surface area contributed by atoms with Crippen molar-refractivity contribution in [2.75, 3.05) is 12.4 Å². The van der Waals surface area contributed by atoms with Crippen LogP contribution in [0.1, 0.15) is 21.7 Å². The molecule has 0 fully saturated rings. The normalized spacial score (nSPS) is 10.3. The summed E-state index contributed by atoms with van der Waals surface area (Å²) in [5, 5.41) is 9.95. The van der Waals surface area contributed by atoms with Crippen LogP contribution in [0.25, 0.3) is 0 Å². The fourth-order valence-corrected chi connectivity index (χ4v) is 1.69. The number of amides is 1. The lowest BCUT2D eigenvalue weighted by atomic mass is 10.2. The Kier molecular flexibility index (Phi) is 3.79. The van der Waals surface area contributed by atoms with Gasteiger partial charge in [0.2, 0.25) is 0 Å². The number of carbonyl (C=O) groups excluding carboxylic acids is 1. The van der Waals surface area contributed by atoms with Crippen molar-refractivity contribution in [3.05, 3.63) is 41.5 Å². The molecule has 1 amide bonds. The van der Waals surface area contributed by atoms with Gasteiger partial charge in [0, 0.05) is 43.8 Å². The third-order valence-corrected chi connectivity index (χ3v) is 3.06. The van der Waals surface area contributed by atoms with Crippen LogP contribution in [0.3, 0.4) is 0 Å². The second-order valence-electron chi connectivity index (χ2n) is 4.24. The van der Waals surface area contributed by atoms with E-state index in [0.29, 0.717) is 12.2 Å². The van der Waals surface area contributed by atoms with Crippen LogP contribution in [-0.4, -0.2) is 27.7 Å². The van der Waals surface area contributed by atoms with Crippen molar-refractivity contribution in [1.82, 2.24) is 20.1 Å². The topological polar surface area (TPSA) is 71.8 Å². The lowest BCUT2D eigenvalue weighted by Crippen LogP contribution is -2.24. The van der Waals surface area contributed by atoms with Crippen molar-refractivity contribution in [2.24, 2.45) is 7.05 Å². The predicted molar refractivity (Wildman–Crippen MR) is 72.9 cm³/mol. The first-order chi connectivity index (χ1) is 9.11. The number of pyridine rings is 1. The van der Waals surface area contributed by atoms with Crippen molar-refractivity contribution in [3.8, 4) is 0 Å². The summed E-state index contributed by atoms with van der Waals surface area (Å²) in [4.78, 5) is 16.0. The van der Waals surface area contributed by atoms with Gasteiger partial charge in [-0.3, -0.25) is 14.5 Å². The zero-order valence-electron chi connectivity index (χ0n) is 11.3. The molecule has 0 saturated carbocycles. The third kappa shape index (κ3) is 2.90. The molecule has 2 heterocycles. The Morgan fingerprint density at radius 1 is 1.47 bits per heavy atom. The highest BCUT2D eigenvalue weighted by Gasteiger charge is 2.09. The maximum absolute atomic E-state index is 12.0. The smallest absolute Gasteiger partial charge is 0.270 e. The minimum absolute atomic E-state index is 0.194. The summed E-state index contributed by atoms with van der Waals surface area (Å²) >= 11 is 0. The van der Waals surface area contributed by atoms with E-state index >= 15 is 0 Å². The van der Waals surface area contributed by atoms with Crippen molar-refractivity contribution in [1.29, 1.82) is 0 Å². The summed E-state index contributed by atoms with van der Waals surface area (Å²) in [6.45, 7) is 2.42. The van der Waals surface area contributed by atoms with E-state index in [1.54, 1.807) is 30.2 Å². The van der Waals surface area contributed by atoms with Crippen molar-refractivity contribution >= 4 is 11.6 Å². The molecular formula is C13H17N5O.